The van der Waals surface area contributed by atoms with Crippen LogP contribution in [0.5, 0.6) is 0 Å². The molecular weight excluding hydrogens is 421 g/mol. The average Bonchev–Trinajstić information content (AvgIpc) is 2.66. The van der Waals surface area contributed by atoms with Gasteiger partial charge in [-0.15, -0.1) is 0 Å². The molecule has 0 saturated carbocycles. The highest BCUT2D eigenvalue weighted by Crippen LogP contribution is 2.31. The van der Waals surface area contributed by atoms with E-state index in [1.54, 1.807) is 24.4 Å². The molecule has 0 bridgehead atoms. The Hall–Kier alpha value is -3.69. The van der Waals surface area contributed by atoms with E-state index in [4.69, 9.17) is 0 Å². The molecule has 1 aromatic carbocycles. The molecule has 0 aliphatic heterocycles. The van der Waals surface area contributed by atoms with Crippen LogP contribution in [0.1, 0.15) is 33.4 Å². The summed E-state index contributed by atoms with van der Waals surface area (Å²) in [6, 6.07) is 9.52. The fourth-order valence-corrected chi connectivity index (χ4v) is 2.87. The maximum absolute atomic E-state index is 13.0. The second kappa shape index (κ2) is 8.81. The van der Waals surface area contributed by atoms with Gasteiger partial charge in [0.2, 0.25) is 11.9 Å². The summed E-state index contributed by atoms with van der Waals surface area (Å²) in [6.45, 7) is 7.43. The fraction of sp³-hybridized carbons (Fsp3) is 0.273. The molecule has 0 aliphatic rings. The molecule has 3 rings (SSSR count). The summed E-state index contributed by atoms with van der Waals surface area (Å²) >= 11 is 0. The first kappa shape index (κ1) is 23.0. The predicted molar refractivity (Wildman–Crippen MR) is 118 cm³/mol. The van der Waals surface area contributed by atoms with E-state index >= 15 is 0 Å². The summed E-state index contributed by atoms with van der Waals surface area (Å²) in [5.74, 6) is 0.204. The van der Waals surface area contributed by atoms with E-state index in [1.165, 1.54) is 6.92 Å². The number of alkyl halides is 3. The van der Waals surface area contributed by atoms with E-state index in [9.17, 15) is 18.0 Å². The van der Waals surface area contributed by atoms with Crippen LogP contribution in [0.3, 0.4) is 0 Å². The van der Waals surface area contributed by atoms with E-state index in [2.05, 4.69) is 30.9 Å². The number of halogens is 3. The maximum atomic E-state index is 13.0. The third-order valence-electron chi connectivity index (χ3n) is 4.06. The van der Waals surface area contributed by atoms with Crippen LogP contribution in [-0.4, -0.2) is 26.4 Å². The van der Waals surface area contributed by atoms with Crippen molar-refractivity contribution in [3.05, 3.63) is 54.5 Å². The van der Waals surface area contributed by atoms with Gasteiger partial charge in [0, 0.05) is 41.8 Å². The van der Waals surface area contributed by atoms with Crippen molar-refractivity contribution in [3.63, 3.8) is 0 Å². The molecule has 3 aromatic rings. The lowest BCUT2D eigenvalue weighted by atomic mass is 10.1. The second-order valence-electron chi connectivity index (χ2n) is 8.18. The van der Waals surface area contributed by atoms with Crippen molar-refractivity contribution in [1.29, 1.82) is 0 Å². The molecule has 168 valence electrons. The maximum Gasteiger partial charge on any atom is 0.433 e. The normalized spacial score (nSPS) is 11.7. The minimum atomic E-state index is -4.59. The van der Waals surface area contributed by atoms with Crippen LogP contribution in [0, 0.1) is 0 Å². The Bertz CT molecular complexity index is 1110. The highest BCUT2D eigenvalue weighted by atomic mass is 19.4. The molecule has 0 fully saturated rings. The number of amides is 1. The van der Waals surface area contributed by atoms with Crippen molar-refractivity contribution in [2.24, 2.45) is 0 Å². The van der Waals surface area contributed by atoms with Gasteiger partial charge in [-0.25, -0.2) is 15.0 Å². The van der Waals surface area contributed by atoms with Crippen molar-refractivity contribution < 1.29 is 18.0 Å². The first-order chi connectivity index (χ1) is 14.9. The zero-order valence-electron chi connectivity index (χ0n) is 18.0. The molecule has 0 aliphatic carbocycles. The first-order valence-corrected chi connectivity index (χ1v) is 9.74. The largest absolute Gasteiger partial charge is 0.433 e. The molecule has 0 saturated heterocycles. The summed E-state index contributed by atoms with van der Waals surface area (Å²) in [5.41, 5.74) is 1.11. The molecular formula is C22H23F3N6O. The van der Waals surface area contributed by atoms with Gasteiger partial charge in [0.15, 0.2) is 0 Å². The Morgan fingerprint density at radius 3 is 2.25 bits per heavy atom. The van der Waals surface area contributed by atoms with Crippen LogP contribution in [0.15, 0.2) is 48.8 Å². The molecule has 10 heteroatoms. The quantitative estimate of drug-likeness (QED) is 0.483. The standard InChI is InChI=1S/C22H23F3N6O/c1-13(32)28-16-9-15(14-5-6-19(27-12-14)31-21(2,3)4)10-17(11-16)29-20-26-8-7-18(30-20)22(23,24)25/h5-12H,1-4H3,(H,27,31)(H,28,32)(H,26,29,30). The second-order valence-corrected chi connectivity index (χ2v) is 8.18. The van der Waals surface area contributed by atoms with E-state index < -0.39 is 11.9 Å². The Labute approximate surface area is 183 Å². The SMILES string of the molecule is CC(=O)Nc1cc(Nc2nccc(C(F)(F)F)n2)cc(-c2ccc(NC(C)(C)C)nc2)c1. The van der Waals surface area contributed by atoms with Gasteiger partial charge in [-0.05, 0) is 62.7 Å². The number of carbonyl (C=O) groups excluding carboxylic acids is 1. The van der Waals surface area contributed by atoms with Crippen molar-refractivity contribution in [2.75, 3.05) is 16.0 Å². The van der Waals surface area contributed by atoms with E-state index in [1.807, 2.05) is 32.9 Å². The van der Waals surface area contributed by atoms with Gasteiger partial charge in [-0.1, -0.05) is 0 Å². The van der Waals surface area contributed by atoms with E-state index in [0.29, 0.717) is 22.8 Å². The number of anilines is 4. The molecule has 32 heavy (non-hydrogen) atoms. The van der Waals surface area contributed by atoms with E-state index in [0.717, 1.165) is 17.8 Å². The predicted octanol–water partition coefficient (Wildman–Crippen LogP) is 5.47. The van der Waals surface area contributed by atoms with Gasteiger partial charge in [0.25, 0.3) is 0 Å². The summed E-state index contributed by atoms with van der Waals surface area (Å²) in [4.78, 5) is 23.4. The molecule has 2 aromatic heterocycles. The third-order valence-corrected chi connectivity index (χ3v) is 4.06. The van der Waals surface area contributed by atoms with Crippen LogP contribution >= 0.6 is 0 Å². The molecule has 0 unspecified atom stereocenters. The number of rotatable bonds is 5. The Morgan fingerprint density at radius 1 is 0.938 bits per heavy atom. The van der Waals surface area contributed by atoms with Crippen LogP contribution in [0.4, 0.5) is 36.3 Å². The Kier molecular flexibility index (Phi) is 6.33. The zero-order valence-corrected chi connectivity index (χ0v) is 18.0. The van der Waals surface area contributed by atoms with E-state index in [-0.39, 0.29) is 17.4 Å². The highest BCUT2D eigenvalue weighted by Gasteiger charge is 2.32. The van der Waals surface area contributed by atoms with Crippen LogP contribution in [0.25, 0.3) is 11.1 Å². The summed E-state index contributed by atoms with van der Waals surface area (Å²) in [6.07, 6.45) is -1.88. The number of hydrogen-bond acceptors (Lipinski definition) is 6. The number of nitrogens with one attached hydrogen (secondary N) is 3. The summed E-state index contributed by atoms with van der Waals surface area (Å²) < 4.78 is 38.9. The van der Waals surface area contributed by atoms with Crippen molar-refractivity contribution in [3.8, 4) is 11.1 Å². The van der Waals surface area contributed by atoms with Crippen LogP contribution < -0.4 is 16.0 Å². The van der Waals surface area contributed by atoms with Gasteiger partial charge in [-0.2, -0.15) is 13.2 Å². The number of nitrogens with zero attached hydrogens (tertiary/aromatic N) is 3. The third kappa shape index (κ3) is 6.40. The molecule has 0 spiro atoms. The van der Waals surface area contributed by atoms with Crippen LogP contribution in [0.2, 0.25) is 0 Å². The molecule has 2 heterocycles. The van der Waals surface area contributed by atoms with Crippen molar-refractivity contribution >= 4 is 29.0 Å². The number of pyridine rings is 1. The fourth-order valence-electron chi connectivity index (χ4n) is 2.87. The van der Waals surface area contributed by atoms with Crippen LogP contribution in [-0.2, 0) is 11.0 Å². The van der Waals surface area contributed by atoms with Crippen molar-refractivity contribution in [2.45, 2.75) is 39.4 Å². The summed E-state index contributed by atoms with van der Waals surface area (Å²) in [7, 11) is 0. The lowest BCUT2D eigenvalue weighted by Crippen LogP contribution is -2.26. The van der Waals surface area contributed by atoms with Gasteiger partial charge < -0.3 is 16.0 Å². The number of carbonyl (C=O) groups is 1. The van der Waals surface area contributed by atoms with Gasteiger partial charge in [0.1, 0.15) is 11.5 Å². The van der Waals surface area contributed by atoms with Gasteiger partial charge in [-0.3, -0.25) is 4.79 Å². The monoisotopic (exact) mass is 444 g/mol. The minimum absolute atomic E-state index is 0.151. The smallest absolute Gasteiger partial charge is 0.365 e. The Balaban J connectivity index is 1.94. The highest BCUT2D eigenvalue weighted by molar-refractivity contribution is 5.91. The zero-order chi connectivity index (χ0) is 23.5. The van der Waals surface area contributed by atoms with Gasteiger partial charge >= 0.3 is 6.18 Å². The Morgan fingerprint density at radius 2 is 1.66 bits per heavy atom. The lowest BCUT2D eigenvalue weighted by molar-refractivity contribution is -0.141. The molecule has 3 N–H and O–H groups in total. The lowest BCUT2D eigenvalue weighted by Gasteiger charge is -2.21. The average molecular weight is 444 g/mol. The molecule has 7 nitrogen and oxygen atoms in total. The number of hydrogen-bond donors (Lipinski definition) is 3. The number of benzene rings is 1. The van der Waals surface area contributed by atoms with Gasteiger partial charge in [0.05, 0.1) is 0 Å². The topological polar surface area (TPSA) is 91.8 Å². The number of aromatic nitrogens is 3. The molecule has 1 amide bonds. The molecule has 0 radical (unpaired) electrons. The minimum Gasteiger partial charge on any atom is -0.365 e. The summed E-state index contributed by atoms with van der Waals surface area (Å²) in [5, 5.41) is 8.73. The van der Waals surface area contributed by atoms with Crippen molar-refractivity contribution in [1.82, 2.24) is 15.0 Å². The molecule has 0 atom stereocenters. The first-order valence-electron chi connectivity index (χ1n) is 9.74.